The van der Waals surface area contributed by atoms with Gasteiger partial charge in [0.2, 0.25) is 0 Å². The Balaban J connectivity index is 2.19. The number of carbonyl (C=O) groups is 1. The van der Waals surface area contributed by atoms with Crippen LogP contribution in [-0.2, 0) is 5.41 Å². The number of nitrogens with two attached hydrogens (primary N) is 1. The molecule has 0 spiro atoms. The van der Waals surface area contributed by atoms with Gasteiger partial charge in [-0.2, -0.15) is 0 Å². The summed E-state index contributed by atoms with van der Waals surface area (Å²) in [4.78, 5) is 13.5. The standard InChI is InChI=1S/C14H21N3O/c1-14(2,10-15)11-4-6-12(7-5-11)17-9-3-8-16-13(17)18/h4-7H,3,8-10,15H2,1-2H3,(H,16,18). The summed E-state index contributed by atoms with van der Waals surface area (Å²) in [5.41, 5.74) is 7.89. The lowest BCUT2D eigenvalue weighted by atomic mass is 9.85. The van der Waals surface area contributed by atoms with Crippen molar-refractivity contribution >= 4 is 11.7 Å². The molecule has 2 amide bonds. The molecule has 1 aromatic rings. The number of hydrogen-bond donors (Lipinski definition) is 2. The summed E-state index contributed by atoms with van der Waals surface area (Å²) >= 11 is 0. The van der Waals surface area contributed by atoms with Gasteiger partial charge in [-0.1, -0.05) is 26.0 Å². The van der Waals surface area contributed by atoms with Crippen LogP contribution < -0.4 is 16.0 Å². The average Bonchev–Trinajstić information content (AvgIpc) is 2.39. The van der Waals surface area contributed by atoms with Gasteiger partial charge in [0.05, 0.1) is 0 Å². The fourth-order valence-corrected chi connectivity index (χ4v) is 2.09. The van der Waals surface area contributed by atoms with E-state index in [4.69, 9.17) is 5.73 Å². The van der Waals surface area contributed by atoms with Crippen molar-refractivity contribution in [3.63, 3.8) is 0 Å². The third kappa shape index (κ3) is 2.48. The van der Waals surface area contributed by atoms with Gasteiger partial charge in [0, 0.05) is 30.7 Å². The highest BCUT2D eigenvalue weighted by molar-refractivity contribution is 5.92. The predicted octanol–water partition coefficient (Wildman–Crippen LogP) is 1.84. The van der Waals surface area contributed by atoms with E-state index in [2.05, 4.69) is 31.3 Å². The second kappa shape index (κ2) is 4.98. The molecule has 1 saturated heterocycles. The van der Waals surface area contributed by atoms with Crippen LogP contribution in [0.2, 0.25) is 0 Å². The maximum Gasteiger partial charge on any atom is 0.321 e. The van der Waals surface area contributed by atoms with Crippen molar-refractivity contribution in [2.24, 2.45) is 5.73 Å². The van der Waals surface area contributed by atoms with E-state index >= 15 is 0 Å². The lowest BCUT2D eigenvalue weighted by molar-refractivity contribution is 0.243. The van der Waals surface area contributed by atoms with Crippen molar-refractivity contribution in [1.82, 2.24) is 5.32 Å². The molecule has 1 aliphatic heterocycles. The molecule has 0 radical (unpaired) electrons. The zero-order chi connectivity index (χ0) is 13.2. The summed E-state index contributed by atoms with van der Waals surface area (Å²) in [6.07, 6.45) is 0.988. The summed E-state index contributed by atoms with van der Waals surface area (Å²) < 4.78 is 0. The van der Waals surface area contributed by atoms with Crippen LogP contribution in [0.5, 0.6) is 0 Å². The summed E-state index contributed by atoms with van der Waals surface area (Å²) in [5, 5.41) is 2.85. The van der Waals surface area contributed by atoms with Gasteiger partial charge >= 0.3 is 6.03 Å². The molecule has 0 aliphatic carbocycles. The third-order valence-electron chi connectivity index (χ3n) is 3.55. The number of benzene rings is 1. The molecule has 2 rings (SSSR count). The number of carbonyl (C=O) groups excluding carboxylic acids is 1. The summed E-state index contributed by atoms with van der Waals surface area (Å²) in [5.74, 6) is 0. The Bertz CT molecular complexity index is 425. The lowest BCUT2D eigenvalue weighted by Crippen LogP contribution is -2.46. The highest BCUT2D eigenvalue weighted by Crippen LogP contribution is 2.25. The van der Waals surface area contributed by atoms with Gasteiger partial charge in [-0.25, -0.2) is 4.79 Å². The Morgan fingerprint density at radius 3 is 2.56 bits per heavy atom. The molecule has 0 aromatic heterocycles. The molecular formula is C14H21N3O. The maximum atomic E-state index is 11.7. The predicted molar refractivity (Wildman–Crippen MR) is 73.9 cm³/mol. The minimum absolute atomic E-state index is 0.00733. The molecule has 1 aromatic carbocycles. The molecule has 0 unspecified atom stereocenters. The van der Waals surface area contributed by atoms with Crippen LogP contribution in [0, 0.1) is 0 Å². The summed E-state index contributed by atoms with van der Waals surface area (Å²) in [6.45, 7) is 6.40. The molecule has 0 saturated carbocycles. The van der Waals surface area contributed by atoms with Gasteiger partial charge < -0.3 is 11.1 Å². The molecule has 18 heavy (non-hydrogen) atoms. The van der Waals surface area contributed by atoms with E-state index in [1.165, 1.54) is 5.56 Å². The molecule has 1 fully saturated rings. The fraction of sp³-hybridized carbons (Fsp3) is 0.500. The van der Waals surface area contributed by atoms with Crippen LogP contribution in [-0.4, -0.2) is 25.7 Å². The fourth-order valence-electron chi connectivity index (χ4n) is 2.09. The van der Waals surface area contributed by atoms with E-state index in [9.17, 15) is 4.79 Å². The van der Waals surface area contributed by atoms with Crippen LogP contribution in [0.25, 0.3) is 0 Å². The molecule has 0 bridgehead atoms. The normalized spacial score (nSPS) is 16.6. The van der Waals surface area contributed by atoms with Crippen molar-refractivity contribution in [2.45, 2.75) is 25.7 Å². The Labute approximate surface area is 108 Å². The van der Waals surface area contributed by atoms with Crippen molar-refractivity contribution < 1.29 is 4.79 Å². The van der Waals surface area contributed by atoms with Crippen LogP contribution in [0.4, 0.5) is 10.5 Å². The monoisotopic (exact) mass is 247 g/mol. The van der Waals surface area contributed by atoms with Gasteiger partial charge in [0.25, 0.3) is 0 Å². The number of nitrogens with zero attached hydrogens (tertiary/aromatic N) is 1. The SMILES string of the molecule is CC(C)(CN)c1ccc(N2CCCNC2=O)cc1. The maximum absolute atomic E-state index is 11.7. The van der Waals surface area contributed by atoms with Gasteiger partial charge in [-0.3, -0.25) is 4.90 Å². The smallest absolute Gasteiger partial charge is 0.321 e. The van der Waals surface area contributed by atoms with E-state index < -0.39 is 0 Å². The lowest BCUT2D eigenvalue weighted by Gasteiger charge is -2.29. The number of rotatable bonds is 3. The quantitative estimate of drug-likeness (QED) is 0.856. The minimum Gasteiger partial charge on any atom is -0.338 e. The Morgan fingerprint density at radius 1 is 1.33 bits per heavy atom. The summed E-state index contributed by atoms with van der Waals surface area (Å²) in [6, 6.07) is 8.11. The molecular weight excluding hydrogens is 226 g/mol. The number of urea groups is 1. The van der Waals surface area contributed by atoms with Gasteiger partial charge in [0.1, 0.15) is 0 Å². The van der Waals surface area contributed by atoms with E-state index in [-0.39, 0.29) is 11.4 Å². The second-order valence-corrected chi connectivity index (χ2v) is 5.37. The zero-order valence-electron chi connectivity index (χ0n) is 11.1. The average molecular weight is 247 g/mol. The Morgan fingerprint density at radius 2 is 2.00 bits per heavy atom. The topological polar surface area (TPSA) is 58.4 Å². The van der Waals surface area contributed by atoms with E-state index in [1.54, 1.807) is 4.90 Å². The molecule has 3 N–H and O–H groups in total. The number of amides is 2. The second-order valence-electron chi connectivity index (χ2n) is 5.37. The van der Waals surface area contributed by atoms with Crippen molar-refractivity contribution in [3.8, 4) is 0 Å². The van der Waals surface area contributed by atoms with Crippen LogP contribution >= 0.6 is 0 Å². The van der Waals surface area contributed by atoms with Crippen molar-refractivity contribution in [3.05, 3.63) is 29.8 Å². The Hall–Kier alpha value is -1.55. The van der Waals surface area contributed by atoms with Gasteiger partial charge in [-0.05, 0) is 24.1 Å². The van der Waals surface area contributed by atoms with Crippen molar-refractivity contribution in [1.29, 1.82) is 0 Å². The molecule has 4 nitrogen and oxygen atoms in total. The number of nitrogens with one attached hydrogen (secondary N) is 1. The molecule has 0 atom stereocenters. The largest absolute Gasteiger partial charge is 0.338 e. The first-order chi connectivity index (χ1) is 8.54. The first-order valence-corrected chi connectivity index (χ1v) is 6.40. The van der Waals surface area contributed by atoms with E-state index in [0.717, 1.165) is 25.2 Å². The van der Waals surface area contributed by atoms with E-state index in [0.29, 0.717) is 6.54 Å². The van der Waals surface area contributed by atoms with Gasteiger partial charge in [0.15, 0.2) is 0 Å². The number of anilines is 1. The van der Waals surface area contributed by atoms with Crippen molar-refractivity contribution in [2.75, 3.05) is 24.5 Å². The summed E-state index contributed by atoms with van der Waals surface area (Å²) in [7, 11) is 0. The zero-order valence-corrected chi connectivity index (χ0v) is 11.1. The molecule has 4 heteroatoms. The highest BCUT2D eigenvalue weighted by atomic mass is 16.2. The molecule has 1 aliphatic rings. The molecule has 1 heterocycles. The highest BCUT2D eigenvalue weighted by Gasteiger charge is 2.21. The molecule has 98 valence electrons. The Kier molecular flexibility index (Phi) is 3.57. The first kappa shape index (κ1) is 12.9. The van der Waals surface area contributed by atoms with E-state index in [1.807, 2.05) is 12.1 Å². The third-order valence-corrected chi connectivity index (χ3v) is 3.55. The van der Waals surface area contributed by atoms with Crippen LogP contribution in [0.15, 0.2) is 24.3 Å². The van der Waals surface area contributed by atoms with Crippen LogP contribution in [0.1, 0.15) is 25.8 Å². The van der Waals surface area contributed by atoms with Crippen LogP contribution in [0.3, 0.4) is 0 Å². The van der Waals surface area contributed by atoms with Gasteiger partial charge in [-0.15, -0.1) is 0 Å². The number of hydrogen-bond acceptors (Lipinski definition) is 2. The minimum atomic E-state index is -0.0251. The first-order valence-electron chi connectivity index (χ1n) is 6.40.